The van der Waals surface area contributed by atoms with Crippen LogP contribution < -0.4 is 21.5 Å². The maximum atomic E-state index is 5.30. The minimum absolute atomic E-state index is 0.530. The molecule has 0 aromatic rings. The molecule has 2 rings (SSSR count). The normalized spacial score (nSPS) is 19.3. The van der Waals surface area contributed by atoms with E-state index in [-0.39, 0.29) is 0 Å². The van der Waals surface area contributed by atoms with E-state index in [1.807, 2.05) is 13.8 Å². The van der Waals surface area contributed by atoms with Crippen LogP contribution in [0.25, 0.3) is 0 Å². The third-order valence-corrected chi connectivity index (χ3v) is 5.97. The van der Waals surface area contributed by atoms with Gasteiger partial charge in [0.05, 0.1) is 11.4 Å². The Labute approximate surface area is 192 Å². The standard InChI is InChI=1S/C20H38N8S2/c1-17(23-25-19(29)21-9-15-27-11-5-3-6-12-27)18(2)24-26-20(30)22-10-16-28-13-7-4-8-14-28/h3-16H2,1-2H3,(H2,21,25,29)(H2,22,26,30)/b23-17-,24-18+. The van der Waals surface area contributed by atoms with E-state index >= 15 is 0 Å². The van der Waals surface area contributed by atoms with Gasteiger partial charge in [-0.05, 0) is 90.1 Å². The molecule has 0 unspecified atom stereocenters. The molecule has 30 heavy (non-hydrogen) atoms. The van der Waals surface area contributed by atoms with Crippen LogP contribution >= 0.6 is 24.4 Å². The quantitative estimate of drug-likeness (QED) is 0.238. The summed E-state index contributed by atoms with van der Waals surface area (Å²) < 4.78 is 0. The Balaban J connectivity index is 1.58. The lowest BCUT2D eigenvalue weighted by molar-refractivity contribution is 0.232. The highest BCUT2D eigenvalue weighted by Crippen LogP contribution is 2.07. The van der Waals surface area contributed by atoms with E-state index in [4.69, 9.17) is 24.4 Å². The monoisotopic (exact) mass is 454 g/mol. The van der Waals surface area contributed by atoms with E-state index in [0.29, 0.717) is 10.2 Å². The number of nitrogens with zero attached hydrogens (tertiary/aromatic N) is 4. The second-order valence-electron chi connectivity index (χ2n) is 7.93. The first-order valence-corrected chi connectivity index (χ1v) is 12.0. The van der Waals surface area contributed by atoms with Gasteiger partial charge in [-0.3, -0.25) is 10.9 Å². The molecule has 0 saturated carbocycles. The number of likely N-dealkylation sites (tertiary alicyclic amines) is 2. The van der Waals surface area contributed by atoms with E-state index in [1.165, 1.54) is 64.7 Å². The molecule has 0 amide bonds. The van der Waals surface area contributed by atoms with Gasteiger partial charge in [-0.2, -0.15) is 10.2 Å². The zero-order valence-electron chi connectivity index (χ0n) is 18.5. The predicted octanol–water partition coefficient (Wildman–Crippen LogP) is 1.64. The van der Waals surface area contributed by atoms with Gasteiger partial charge in [-0.25, -0.2) is 0 Å². The SMILES string of the molecule is CC(=N/NC(=S)NCCN1CCCCC1)/C(C)=N/NC(=S)NCCN1CCCCC1. The molecule has 4 N–H and O–H groups in total. The second kappa shape index (κ2) is 14.6. The highest BCUT2D eigenvalue weighted by molar-refractivity contribution is 7.80. The average Bonchev–Trinajstić information content (AvgIpc) is 2.77. The molecule has 0 spiro atoms. The average molecular weight is 455 g/mol. The van der Waals surface area contributed by atoms with Gasteiger partial charge in [0.15, 0.2) is 10.2 Å². The maximum absolute atomic E-state index is 5.30. The number of hydrogen-bond donors (Lipinski definition) is 4. The van der Waals surface area contributed by atoms with Crippen molar-refractivity contribution in [1.29, 1.82) is 0 Å². The largest absolute Gasteiger partial charge is 0.360 e. The number of hydrazone groups is 2. The summed E-state index contributed by atoms with van der Waals surface area (Å²) in [5.74, 6) is 0. The lowest BCUT2D eigenvalue weighted by atomic mass is 10.1. The second-order valence-corrected chi connectivity index (χ2v) is 8.75. The first kappa shape index (κ1) is 24.9. The molecule has 0 aromatic heterocycles. The van der Waals surface area contributed by atoms with Crippen molar-refractivity contribution in [3.05, 3.63) is 0 Å². The van der Waals surface area contributed by atoms with Crippen molar-refractivity contribution in [2.24, 2.45) is 10.2 Å². The number of nitrogens with one attached hydrogen (secondary N) is 4. The van der Waals surface area contributed by atoms with Crippen LogP contribution in [0.1, 0.15) is 52.4 Å². The Morgan fingerprint density at radius 1 is 0.667 bits per heavy atom. The highest BCUT2D eigenvalue weighted by atomic mass is 32.1. The first-order chi connectivity index (χ1) is 14.5. The number of hydrogen-bond acceptors (Lipinski definition) is 6. The molecular weight excluding hydrogens is 416 g/mol. The zero-order valence-corrected chi connectivity index (χ0v) is 20.1. The van der Waals surface area contributed by atoms with E-state index in [1.54, 1.807) is 0 Å². The van der Waals surface area contributed by atoms with Gasteiger partial charge < -0.3 is 20.4 Å². The van der Waals surface area contributed by atoms with Crippen molar-refractivity contribution in [3.8, 4) is 0 Å². The summed E-state index contributed by atoms with van der Waals surface area (Å²) in [6, 6.07) is 0. The number of piperidine rings is 2. The molecule has 8 nitrogen and oxygen atoms in total. The molecule has 2 fully saturated rings. The molecule has 0 radical (unpaired) electrons. The van der Waals surface area contributed by atoms with Crippen molar-refractivity contribution >= 4 is 46.1 Å². The van der Waals surface area contributed by atoms with Gasteiger partial charge in [0.1, 0.15) is 0 Å². The first-order valence-electron chi connectivity index (χ1n) is 11.2. The molecule has 0 bridgehead atoms. The predicted molar refractivity (Wildman–Crippen MR) is 134 cm³/mol. The van der Waals surface area contributed by atoms with Crippen LogP contribution in [-0.4, -0.2) is 83.8 Å². The van der Waals surface area contributed by atoms with Crippen LogP contribution in [0.4, 0.5) is 0 Å². The molecule has 2 aliphatic heterocycles. The summed E-state index contributed by atoms with van der Waals surface area (Å²) in [6.45, 7) is 12.2. The molecule has 2 saturated heterocycles. The van der Waals surface area contributed by atoms with Crippen LogP contribution in [-0.2, 0) is 0 Å². The van der Waals surface area contributed by atoms with Gasteiger partial charge >= 0.3 is 0 Å². The van der Waals surface area contributed by atoms with E-state index < -0.39 is 0 Å². The summed E-state index contributed by atoms with van der Waals surface area (Å²) in [6.07, 6.45) is 7.92. The molecule has 10 heteroatoms. The Hall–Kier alpha value is -1.36. The number of rotatable bonds is 9. The third-order valence-electron chi connectivity index (χ3n) is 5.50. The van der Waals surface area contributed by atoms with Gasteiger partial charge in [0.2, 0.25) is 0 Å². The van der Waals surface area contributed by atoms with Gasteiger partial charge in [-0.15, -0.1) is 0 Å². The molecule has 170 valence electrons. The van der Waals surface area contributed by atoms with Crippen molar-refractivity contribution in [2.45, 2.75) is 52.4 Å². The van der Waals surface area contributed by atoms with Crippen LogP contribution in [0.3, 0.4) is 0 Å². The van der Waals surface area contributed by atoms with Crippen LogP contribution in [0.2, 0.25) is 0 Å². The number of thiocarbonyl (C=S) groups is 2. The summed E-state index contributed by atoms with van der Waals surface area (Å²) in [5.41, 5.74) is 7.27. The fourth-order valence-electron chi connectivity index (χ4n) is 3.53. The Morgan fingerprint density at radius 2 is 1.03 bits per heavy atom. The Morgan fingerprint density at radius 3 is 1.40 bits per heavy atom. The fraction of sp³-hybridized carbons (Fsp3) is 0.800. The molecule has 2 aliphatic rings. The molecular formula is C20H38N8S2. The van der Waals surface area contributed by atoms with E-state index in [9.17, 15) is 0 Å². The highest BCUT2D eigenvalue weighted by Gasteiger charge is 2.10. The van der Waals surface area contributed by atoms with E-state index in [2.05, 4.69) is 41.5 Å². The van der Waals surface area contributed by atoms with Crippen LogP contribution in [0.5, 0.6) is 0 Å². The van der Waals surface area contributed by atoms with Crippen LogP contribution in [0.15, 0.2) is 10.2 Å². The Bertz CT molecular complexity index is 544. The van der Waals surface area contributed by atoms with Crippen molar-refractivity contribution in [2.75, 3.05) is 52.4 Å². The summed E-state index contributed by atoms with van der Waals surface area (Å²) in [4.78, 5) is 4.94. The van der Waals surface area contributed by atoms with Crippen molar-refractivity contribution in [1.82, 2.24) is 31.3 Å². The molecule has 0 atom stereocenters. The van der Waals surface area contributed by atoms with Gasteiger partial charge in [0, 0.05) is 26.2 Å². The maximum Gasteiger partial charge on any atom is 0.187 e. The lowest BCUT2D eigenvalue weighted by Crippen LogP contribution is -2.41. The van der Waals surface area contributed by atoms with Gasteiger partial charge in [0.25, 0.3) is 0 Å². The molecule has 2 heterocycles. The lowest BCUT2D eigenvalue weighted by Gasteiger charge is -2.26. The Kier molecular flexibility index (Phi) is 12.1. The van der Waals surface area contributed by atoms with Crippen LogP contribution in [0, 0.1) is 0 Å². The minimum atomic E-state index is 0.530. The zero-order chi connectivity index (χ0) is 21.6. The summed E-state index contributed by atoms with van der Waals surface area (Å²) in [5, 5.41) is 16.1. The van der Waals surface area contributed by atoms with E-state index in [0.717, 1.165) is 37.6 Å². The summed E-state index contributed by atoms with van der Waals surface area (Å²) in [7, 11) is 0. The molecule has 0 aromatic carbocycles. The fourth-order valence-corrected chi connectivity index (χ4v) is 3.83. The molecule has 0 aliphatic carbocycles. The topological polar surface area (TPSA) is 79.3 Å². The van der Waals surface area contributed by atoms with Crippen molar-refractivity contribution in [3.63, 3.8) is 0 Å². The smallest absolute Gasteiger partial charge is 0.187 e. The third kappa shape index (κ3) is 10.6. The van der Waals surface area contributed by atoms with Crippen molar-refractivity contribution < 1.29 is 0 Å². The van der Waals surface area contributed by atoms with Gasteiger partial charge in [-0.1, -0.05) is 12.8 Å². The summed E-state index contributed by atoms with van der Waals surface area (Å²) >= 11 is 10.6. The minimum Gasteiger partial charge on any atom is -0.360 e.